The van der Waals surface area contributed by atoms with Gasteiger partial charge in [0.15, 0.2) is 0 Å². The van der Waals surface area contributed by atoms with Crippen molar-refractivity contribution >= 4 is 15.9 Å². The molecule has 0 aromatic heterocycles. The zero-order chi connectivity index (χ0) is 15.7. The minimum absolute atomic E-state index is 0.486. The summed E-state index contributed by atoms with van der Waals surface area (Å²) in [4.78, 5) is 0. The van der Waals surface area contributed by atoms with Crippen molar-refractivity contribution < 1.29 is 4.74 Å². The van der Waals surface area contributed by atoms with Crippen LogP contribution in [0.1, 0.15) is 58.9 Å². The van der Waals surface area contributed by atoms with Gasteiger partial charge in [-0.05, 0) is 36.1 Å². The van der Waals surface area contributed by atoms with E-state index in [4.69, 9.17) is 4.74 Å². The molecule has 0 aliphatic rings. The largest absolute Gasteiger partial charge is 0.493 e. The zero-order valence-corrected chi connectivity index (χ0v) is 15.5. The molecule has 3 heteroatoms. The minimum atomic E-state index is 0.486. The standard InChI is InChI=1S/C18H30BrNO/c1-5-7-8-15(6-2)13-21-17-9-10-18(19)16(11-17)12-20-14(3)4/h9-11,14-15,20H,5-8,12-13H2,1-4H3. The molecule has 2 nitrogen and oxygen atoms in total. The maximum absolute atomic E-state index is 6.01. The van der Waals surface area contributed by atoms with Gasteiger partial charge in [0.2, 0.25) is 0 Å². The first-order chi connectivity index (χ1) is 10.1. The van der Waals surface area contributed by atoms with E-state index in [0.717, 1.165) is 23.4 Å². The molecule has 0 saturated carbocycles. The number of benzene rings is 1. The third-order valence-electron chi connectivity index (χ3n) is 3.75. The predicted octanol–water partition coefficient (Wildman–Crippen LogP) is 5.54. The van der Waals surface area contributed by atoms with Gasteiger partial charge < -0.3 is 10.1 Å². The molecule has 0 fully saturated rings. The van der Waals surface area contributed by atoms with E-state index in [2.05, 4.69) is 67.1 Å². The molecule has 1 rings (SSSR count). The van der Waals surface area contributed by atoms with Gasteiger partial charge in [0, 0.05) is 17.1 Å². The van der Waals surface area contributed by atoms with Crippen LogP contribution in [0.2, 0.25) is 0 Å². The highest BCUT2D eigenvalue weighted by Crippen LogP contribution is 2.24. The summed E-state index contributed by atoms with van der Waals surface area (Å²) in [6.07, 6.45) is 5.02. The molecule has 0 heterocycles. The molecular weight excluding hydrogens is 326 g/mol. The molecule has 1 unspecified atom stereocenters. The molecule has 1 aromatic carbocycles. The average Bonchev–Trinajstić information content (AvgIpc) is 2.47. The maximum atomic E-state index is 6.01. The van der Waals surface area contributed by atoms with Crippen LogP contribution in [0.5, 0.6) is 5.75 Å². The highest BCUT2D eigenvalue weighted by molar-refractivity contribution is 9.10. The third kappa shape index (κ3) is 7.32. The summed E-state index contributed by atoms with van der Waals surface area (Å²) in [5.74, 6) is 1.65. The normalized spacial score (nSPS) is 12.7. The van der Waals surface area contributed by atoms with E-state index in [-0.39, 0.29) is 0 Å². The van der Waals surface area contributed by atoms with Crippen molar-refractivity contribution in [3.05, 3.63) is 28.2 Å². The van der Waals surface area contributed by atoms with E-state index < -0.39 is 0 Å². The molecule has 21 heavy (non-hydrogen) atoms. The minimum Gasteiger partial charge on any atom is -0.493 e. The molecule has 0 bridgehead atoms. The highest BCUT2D eigenvalue weighted by atomic mass is 79.9. The fourth-order valence-corrected chi connectivity index (χ4v) is 2.59. The van der Waals surface area contributed by atoms with Gasteiger partial charge in [0.1, 0.15) is 5.75 Å². The Kier molecular flexibility index (Phi) is 9.02. The Morgan fingerprint density at radius 2 is 2.00 bits per heavy atom. The van der Waals surface area contributed by atoms with Crippen LogP contribution in [-0.2, 0) is 6.54 Å². The van der Waals surface area contributed by atoms with Crippen molar-refractivity contribution in [3.63, 3.8) is 0 Å². The van der Waals surface area contributed by atoms with E-state index in [1.807, 2.05) is 0 Å². The molecule has 0 aliphatic heterocycles. The number of nitrogens with one attached hydrogen (secondary N) is 1. The maximum Gasteiger partial charge on any atom is 0.119 e. The number of halogens is 1. The lowest BCUT2D eigenvalue weighted by atomic mass is 10.0. The Hall–Kier alpha value is -0.540. The van der Waals surface area contributed by atoms with E-state index in [1.54, 1.807) is 0 Å². The molecule has 0 saturated heterocycles. The van der Waals surface area contributed by atoms with Crippen molar-refractivity contribution in [3.8, 4) is 5.75 Å². The van der Waals surface area contributed by atoms with E-state index in [1.165, 1.54) is 31.2 Å². The fourth-order valence-electron chi connectivity index (χ4n) is 2.20. The SMILES string of the molecule is CCCCC(CC)COc1ccc(Br)c(CNC(C)C)c1. The highest BCUT2D eigenvalue weighted by Gasteiger charge is 2.08. The van der Waals surface area contributed by atoms with Gasteiger partial charge in [-0.3, -0.25) is 0 Å². The van der Waals surface area contributed by atoms with Crippen LogP contribution in [0.3, 0.4) is 0 Å². The van der Waals surface area contributed by atoms with Gasteiger partial charge in [-0.25, -0.2) is 0 Å². The van der Waals surface area contributed by atoms with Crippen LogP contribution >= 0.6 is 15.9 Å². The van der Waals surface area contributed by atoms with Crippen molar-refractivity contribution in [2.75, 3.05) is 6.61 Å². The molecule has 0 amide bonds. The quantitative estimate of drug-likeness (QED) is 0.594. The molecule has 1 aromatic rings. The summed E-state index contributed by atoms with van der Waals surface area (Å²) in [5, 5.41) is 3.45. The van der Waals surface area contributed by atoms with Crippen LogP contribution in [-0.4, -0.2) is 12.6 Å². The van der Waals surface area contributed by atoms with Crippen molar-refractivity contribution in [2.45, 2.75) is 66.0 Å². The Balaban J connectivity index is 2.56. The molecular formula is C18H30BrNO. The number of hydrogen-bond acceptors (Lipinski definition) is 2. The van der Waals surface area contributed by atoms with Gasteiger partial charge in [-0.1, -0.05) is 62.9 Å². The second-order valence-electron chi connectivity index (χ2n) is 6.02. The van der Waals surface area contributed by atoms with Crippen LogP contribution in [0.15, 0.2) is 22.7 Å². The Morgan fingerprint density at radius 3 is 2.62 bits per heavy atom. The van der Waals surface area contributed by atoms with Crippen molar-refractivity contribution in [1.29, 1.82) is 0 Å². The first kappa shape index (κ1) is 18.5. The smallest absolute Gasteiger partial charge is 0.119 e. The van der Waals surface area contributed by atoms with Gasteiger partial charge in [0.25, 0.3) is 0 Å². The summed E-state index contributed by atoms with van der Waals surface area (Å²) >= 11 is 3.61. The van der Waals surface area contributed by atoms with Gasteiger partial charge >= 0.3 is 0 Å². The molecule has 0 radical (unpaired) electrons. The molecule has 1 N–H and O–H groups in total. The number of hydrogen-bond donors (Lipinski definition) is 1. The van der Waals surface area contributed by atoms with Crippen molar-refractivity contribution in [1.82, 2.24) is 5.32 Å². The van der Waals surface area contributed by atoms with E-state index >= 15 is 0 Å². The van der Waals surface area contributed by atoms with Gasteiger partial charge in [-0.15, -0.1) is 0 Å². The number of ether oxygens (including phenoxy) is 1. The lowest BCUT2D eigenvalue weighted by Crippen LogP contribution is -2.22. The van der Waals surface area contributed by atoms with Crippen LogP contribution in [0.4, 0.5) is 0 Å². The predicted molar refractivity (Wildman–Crippen MR) is 94.9 cm³/mol. The Labute approximate surface area is 138 Å². The molecule has 1 atom stereocenters. The topological polar surface area (TPSA) is 21.3 Å². The second-order valence-corrected chi connectivity index (χ2v) is 6.87. The summed E-state index contributed by atoms with van der Waals surface area (Å²) < 4.78 is 7.15. The van der Waals surface area contributed by atoms with Crippen LogP contribution in [0, 0.1) is 5.92 Å². The molecule has 120 valence electrons. The van der Waals surface area contributed by atoms with Crippen molar-refractivity contribution in [2.24, 2.45) is 5.92 Å². The number of rotatable bonds is 10. The third-order valence-corrected chi connectivity index (χ3v) is 4.52. The lowest BCUT2D eigenvalue weighted by Gasteiger charge is -2.17. The molecule has 0 aliphatic carbocycles. The first-order valence-corrected chi connectivity index (χ1v) is 9.00. The lowest BCUT2D eigenvalue weighted by molar-refractivity contribution is 0.233. The van der Waals surface area contributed by atoms with Gasteiger partial charge in [-0.2, -0.15) is 0 Å². The average molecular weight is 356 g/mol. The van der Waals surface area contributed by atoms with Crippen LogP contribution in [0.25, 0.3) is 0 Å². The summed E-state index contributed by atoms with van der Waals surface area (Å²) in [6, 6.07) is 6.77. The first-order valence-electron chi connectivity index (χ1n) is 8.21. The Bertz CT molecular complexity index is 406. The number of unbranched alkanes of at least 4 members (excludes halogenated alkanes) is 1. The second kappa shape index (κ2) is 10.2. The van der Waals surface area contributed by atoms with Gasteiger partial charge in [0.05, 0.1) is 6.61 Å². The summed E-state index contributed by atoms with van der Waals surface area (Å²) in [7, 11) is 0. The van der Waals surface area contributed by atoms with Crippen LogP contribution < -0.4 is 10.1 Å². The monoisotopic (exact) mass is 355 g/mol. The Morgan fingerprint density at radius 1 is 1.24 bits per heavy atom. The fraction of sp³-hybridized carbons (Fsp3) is 0.667. The zero-order valence-electron chi connectivity index (χ0n) is 13.9. The van der Waals surface area contributed by atoms with E-state index in [9.17, 15) is 0 Å². The van der Waals surface area contributed by atoms with E-state index in [0.29, 0.717) is 12.0 Å². The summed E-state index contributed by atoms with van der Waals surface area (Å²) in [5.41, 5.74) is 1.25. The summed E-state index contributed by atoms with van der Waals surface area (Å²) in [6.45, 7) is 10.5. The molecule has 0 spiro atoms.